The van der Waals surface area contributed by atoms with Crippen molar-refractivity contribution in [3.05, 3.63) is 48.6 Å². The molecule has 1 amide bonds. The zero-order chi connectivity index (χ0) is 58.0. The Bertz CT molecular complexity index is 1470. The Morgan fingerprint density at radius 3 is 1.26 bits per heavy atom. The minimum Gasteiger partial charge on any atom is -0.466 e. The van der Waals surface area contributed by atoms with Gasteiger partial charge in [0.05, 0.1) is 32.0 Å². The van der Waals surface area contributed by atoms with Gasteiger partial charge in [0, 0.05) is 12.8 Å². The Morgan fingerprint density at radius 1 is 0.450 bits per heavy atom. The number of unbranched alkanes of at least 4 members (excludes halogenated alkanes) is 39. The summed E-state index contributed by atoms with van der Waals surface area (Å²) in [6.07, 6.45) is 65.4. The van der Waals surface area contributed by atoms with Gasteiger partial charge in [0.25, 0.3) is 0 Å². The molecule has 0 radical (unpaired) electrons. The minimum absolute atomic E-state index is 0.000418. The fraction of sp³-hybridized carbons (Fsp3) is 0.855. The number of carbonyl (C=O) groups excluding carboxylic acids is 2. The van der Waals surface area contributed by atoms with E-state index < -0.39 is 49.5 Å². The van der Waals surface area contributed by atoms with Crippen molar-refractivity contribution in [1.82, 2.24) is 5.32 Å². The van der Waals surface area contributed by atoms with Gasteiger partial charge in [-0.2, -0.15) is 0 Å². The molecule has 11 nitrogen and oxygen atoms in total. The van der Waals surface area contributed by atoms with Crippen LogP contribution in [0.25, 0.3) is 0 Å². The van der Waals surface area contributed by atoms with Crippen LogP contribution in [0.1, 0.15) is 316 Å². The molecule has 0 aromatic rings. The maximum absolute atomic E-state index is 13.0. The number of hydrogen-bond donors (Lipinski definition) is 6. The van der Waals surface area contributed by atoms with Gasteiger partial charge >= 0.3 is 5.97 Å². The van der Waals surface area contributed by atoms with Gasteiger partial charge in [0.2, 0.25) is 5.91 Å². The second kappa shape index (κ2) is 58.4. The molecule has 0 bridgehead atoms. The Kier molecular flexibility index (Phi) is 55.2. The molecule has 80 heavy (non-hydrogen) atoms. The first-order valence-electron chi connectivity index (χ1n) is 33.9. The Morgan fingerprint density at radius 2 is 0.812 bits per heavy atom. The first-order chi connectivity index (χ1) is 39.2. The quantitative estimate of drug-likeness (QED) is 0.0195. The fourth-order valence-corrected chi connectivity index (χ4v) is 10.5. The van der Waals surface area contributed by atoms with Crippen LogP contribution in [0.15, 0.2) is 48.6 Å². The number of amides is 1. The molecule has 0 aromatic heterocycles. The van der Waals surface area contributed by atoms with Gasteiger partial charge in [-0.05, 0) is 96.3 Å². The van der Waals surface area contributed by atoms with E-state index in [4.69, 9.17) is 14.2 Å². The Balaban J connectivity index is 1.94. The van der Waals surface area contributed by atoms with Crippen LogP contribution in [-0.2, 0) is 23.8 Å². The molecule has 0 aromatic carbocycles. The smallest absolute Gasteiger partial charge is 0.305 e. The van der Waals surface area contributed by atoms with E-state index in [1.165, 1.54) is 218 Å². The summed E-state index contributed by atoms with van der Waals surface area (Å²) in [6.45, 7) is 4.28. The maximum atomic E-state index is 13.0. The SMILES string of the molecule is CCCCC/C=C/CC/C=C/C(O)C(COC1OC(CO)C(O)C(O)C1O)NC(=O)CCCCCCCCCC/C=C\CCCCCCCCCCCCCCOC(=O)CCCCCCCCCCC/C=C\CCCCCCCC. The van der Waals surface area contributed by atoms with Crippen molar-refractivity contribution in [2.24, 2.45) is 0 Å². The highest BCUT2D eigenvalue weighted by Gasteiger charge is 2.44. The number of esters is 1. The molecule has 7 atom stereocenters. The summed E-state index contributed by atoms with van der Waals surface area (Å²) in [5, 5.41) is 54.2. The maximum Gasteiger partial charge on any atom is 0.305 e. The van der Waals surface area contributed by atoms with Crippen molar-refractivity contribution in [2.75, 3.05) is 19.8 Å². The summed E-state index contributed by atoms with van der Waals surface area (Å²) in [6, 6.07) is -0.830. The number of carbonyl (C=O) groups is 2. The predicted octanol–water partition coefficient (Wildman–Crippen LogP) is 16.8. The summed E-state index contributed by atoms with van der Waals surface area (Å²) < 4.78 is 16.7. The molecule has 7 unspecified atom stereocenters. The average Bonchev–Trinajstić information content (AvgIpc) is 3.45. The summed E-state index contributed by atoms with van der Waals surface area (Å²) in [5.41, 5.74) is 0. The van der Waals surface area contributed by atoms with Crippen molar-refractivity contribution in [3.8, 4) is 0 Å². The zero-order valence-electron chi connectivity index (χ0n) is 51.8. The van der Waals surface area contributed by atoms with Crippen molar-refractivity contribution in [1.29, 1.82) is 0 Å². The summed E-state index contributed by atoms with van der Waals surface area (Å²) in [5.74, 6) is -0.198. The van der Waals surface area contributed by atoms with E-state index >= 15 is 0 Å². The number of rotatable bonds is 59. The van der Waals surface area contributed by atoms with Crippen LogP contribution in [0.4, 0.5) is 0 Å². The van der Waals surface area contributed by atoms with Crippen LogP contribution >= 0.6 is 0 Å². The van der Waals surface area contributed by atoms with Crippen LogP contribution in [-0.4, -0.2) is 100 Å². The molecular formula is C69H127NO10. The second-order valence-corrected chi connectivity index (χ2v) is 23.5. The Hall–Kier alpha value is -2.38. The highest BCUT2D eigenvalue weighted by Crippen LogP contribution is 2.23. The fourth-order valence-electron chi connectivity index (χ4n) is 10.5. The van der Waals surface area contributed by atoms with Gasteiger partial charge in [-0.3, -0.25) is 9.59 Å². The number of nitrogens with one attached hydrogen (secondary N) is 1. The zero-order valence-corrected chi connectivity index (χ0v) is 51.8. The molecule has 6 N–H and O–H groups in total. The summed E-state index contributed by atoms with van der Waals surface area (Å²) >= 11 is 0. The second-order valence-electron chi connectivity index (χ2n) is 23.5. The largest absolute Gasteiger partial charge is 0.466 e. The van der Waals surface area contributed by atoms with Crippen molar-refractivity contribution < 1.29 is 49.3 Å². The van der Waals surface area contributed by atoms with Gasteiger partial charge in [0.1, 0.15) is 24.4 Å². The third-order valence-electron chi connectivity index (χ3n) is 15.9. The highest BCUT2D eigenvalue weighted by atomic mass is 16.7. The van der Waals surface area contributed by atoms with E-state index in [9.17, 15) is 35.1 Å². The molecule has 468 valence electrons. The predicted molar refractivity (Wildman–Crippen MR) is 334 cm³/mol. The van der Waals surface area contributed by atoms with E-state index in [1.54, 1.807) is 6.08 Å². The van der Waals surface area contributed by atoms with E-state index in [1.807, 2.05) is 6.08 Å². The van der Waals surface area contributed by atoms with Gasteiger partial charge in [-0.1, -0.05) is 255 Å². The number of ether oxygens (including phenoxy) is 3. The lowest BCUT2D eigenvalue weighted by Crippen LogP contribution is -2.60. The first-order valence-corrected chi connectivity index (χ1v) is 33.9. The van der Waals surface area contributed by atoms with Crippen LogP contribution in [0, 0.1) is 0 Å². The van der Waals surface area contributed by atoms with Gasteiger partial charge < -0.3 is 45.1 Å². The van der Waals surface area contributed by atoms with Crippen molar-refractivity contribution in [2.45, 2.75) is 358 Å². The molecule has 1 saturated heterocycles. The van der Waals surface area contributed by atoms with E-state index in [2.05, 4.69) is 55.6 Å². The van der Waals surface area contributed by atoms with Crippen molar-refractivity contribution in [3.63, 3.8) is 0 Å². The molecule has 0 aliphatic carbocycles. The normalized spacial score (nSPS) is 18.6. The van der Waals surface area contributed by atoms with Gasteiger partial charge in [-0.15, -0.1) is 0 Å². The van der Waals surface area contributed by atoms with Gasteiger partial charge in [0.15, 0.2) is 6.29 Å². The molecule has 1 heterocycles. The van der Waals surface area contributed by atoms with Crippen LogP contribution < -0.4 is 5.32 Å². The van der Waals surface area contributed by atoms with Crippen LogP contribution in [0.5, 0.6) is 0 Å². The van der Waals surface area contributed by atoms with E-state index in [-0.39, 0.29) is 18.5 Å². The molecule has 11 heteroatoms. The Labute approximate surface area is 491 Å². The minimum atomic E-state index is -1.58. The lowest BCUT2D eigenvalue weighted by molar-refractivity contribution is -0.302. The topological polar surface area (TPSA) is 175 Å². The number of hydrogen-bond acceptors (Lipinski definition) is 10. The standard InChI is InChI=1S/C69H127NO10/c1-3-5-7-9-11-13-14-15-16-17-24-28-31-34-37-41-45-49-53-57-65(74)78-58-54-50-46-42-38-35-32-29-26-23-21-19-18-20-22-25-27-30-33-36-40-44-48-52-56-64(73)70-61(62(72)55-51-47-43-39-12-10-8-6-4-2)60-79-69-68(77)67(76)66(75)63(59-71)80-69/h12,15-16,20,22,39,51,55,61-63,66-69,71-72,75-77H,3-11,13-14,17-19,21,23-38,40-50,52-54,56-60H2,1-2H3,(H,70,73)/b16-15-,22-20-,39-12+,55-51+. The third-order valence-corrected chi connectivity index (χ3v) is 15.9. The van der Waals surface area contributed by atoms with Crippen LogP contribution in [0.2, 0.25) is 0 Å². The lowest BCUT2D eigenvalue weighted by Gasteiger charge is -2.40. The molecule has 1 aliphatic rings. The molecule has 1 rings (SSSR count). The van der Waals surface area contributed by atoms with Gasteiger partial charge in [-0.25, -0.2) is 0 Å². The molecule has 0 saturated carbocycles. The third kappa shape index (κ3) is 47.0. The average molecular weight is 1130 g/mol. The summed E-state index contributed by atoms with van der Waals surface area (Å²) in [7, 11) is 0. The van der Waals surface area contributed by atoms with E-state index in [0.29, 0.717) is 19.4 Å². The number of allylic oxidation sites excluding steroid dienone is 7. The molecule has 1 aliphatic heterocycles. The summed E-state index contributed by atoms with van der Waals surface area (Å²) in [4.78, 5) is 25.1. The van der Waals surface area contributed by atoms with E-state index in [0.717, 1.165) is 70.6 Å². The van der Waals surface area contributed by atoms with Crippen LogP contribution in [0.3, 0.4) is 0 Å². The molecule has 1 fully saturated rings. The molecule has 0 spiro atoms. The molecular weight excluding hydrogens is 1000 g/mol. The lowest BCUT2D eigenvalue weighted by atomic mass is 9.99. The number of aliphatic hydroxyl groups is 5. The highest BCUT2D eigenvalue weighted by molar-refractivity contribution is 5.76. The first kappa shape index (κ1) is 75.6. The number of aliphatic hydroxyl groups excluding tert-OH is 5. The van der Waals surface area contributed by atoms with Crippen molar-refractivity contribution >= 4 is 11.9 Å². The monoisotopic (exact) mass is 1130 g/mol.